The first-order valence-corrected chi connectivity index (χ1v) is 8.89. The molecular weight excluding hydrogens is 403 g/mol. The van der Waals surface area contributed by atoms with Crippen molar-refractivity contribution in [3.63, 3.8) is 0 Å². The molecule has 2 unspecified atom stereocenters. The van der Waals surface area contributed by atoms with E-state index in [-0.39, 0.29) is 24.0 Å². The highest BCUT2D eigenvalue weighted by Gasteiger charge is 2.31. The van der Waals surface area contributed by atoms with Crippen LogP contribution in [0.1, 0.15) is 40.0 Å². The molecule has 6 heteroatoms. The molecule has 2 fully saturated rings. The number of ether oxygens (including phenoxy) is 1. The van der Waals surface area contributed by atoms with Crippen molar-refractivity contribution in [2.45, 2.75) is 52.1 Å². The van der Waals surface area contributed by atoms with Crippen molar-refractivity contribution < 1.29 is 4.74 Å². The molecule has 0 radical (unpaired) electrons. The van der Waals surface area contributed by atoms with Crippen molar-refractivity contribution in [1.82, 2.24) is 15.5 Å². The predicted octanol–water partition coefficient (Wildman–Crippen LogP) is 2.31. The number of aliphatic imine (C=N–C) groups is 1. The number of nitrogens with zero attached hydrogens (tertiary/aromatic N) is 2. The predicted molar refractivity (Wildman–Crippen MR) is 108 cm³/mol. The maximum atomic E-state index is 5.66. The summed E-state index contributed by atoms with van der Waals surface area (Å²) in [5.41, 5.74) is 0. The van der Waals surface area contributed by atoms with Gasteiger partial charge in [0.2, 0.25) is 0 Å². The maximum Gasteiger partial charge on any atom is 0.191 e. The molecule has 2 aliphatic rings. The van der Waals surface area contributed by atoms with E-state index in [2.05, 4.69) is 41.3 Å². The number of nitrogens with one attached hydrogen (secondary N) is 2. The fourth-order valence-corrected chi connectivity index (χ4v) is 2.90. The zero-order valence-corrected chi connectivity index (χ0v) is 17.5. The first-order valence-electron chi connectivity index (χ1n) is 8.89. The van der Waals surface area contributed by atoms with Crippen LogP contribution in [0.3, 0.4) is 0 Å². The van der Waals surface area contributed by atoms with Crippen LogP contribution >= 0.6 is 24.0 Å². The van der Waals surface area contributed by atoms with Gasteiger partial charge in [-0.15, -0.1) is 24.0 Å². The molecule has 0 bridgehead atoms. The fraction of sp³-hybridized carbons (Fsp3) is 0.941. The Kier molecular flexibility index (Phi) is 9.77. The summed E-state index contributed by atoms with van der Waals surface area (Å²) < 4.78 is 5.66. The molecule has 2 atom stereocenters. The van der Waals surface area contributed by atoms with Crippen LogP contribution in [-0.2, 0) is 4.74 Å². The van der Waals surface area contributed by atoms with E-state index in [9.17, 15) is 0 Å². The number of likely N-dealkylation sites (tertiary alicyclic amines) is 1. The van der Waals surface area contributed by atoms with Gasteiger partial charge in [-0.2, -0.15) is 0 Å². The average molecular weight is 438 g/mol. The number of hydrogen-bond donors (Lipinski definition) is 2. The summed E-state index contributed by atoms with van der Waals surface area (Å²) in [5, 5.41) is 6.98. The Labute approximate surface area is 159 Å². The highest BCUT2D eigenvalue weighted by atomic mass is 127. The Morgan fingerprint density at radius 1 is 1.30 bits per heavy atom. The molecule has 2 rings (SSSR count). The molecule has 1 heterocycles. The van der Waals surface area contributed by atoms with Gasteiger partial charge in [-0.25, -0.2) is 0 Å². The Morgan fingerprint density at radius 2 is 2.04 bits per heavy atom. The third kappa shape index (κ3) is 7.56. The van der Waals surface area contributed by atoms with Gasteiger partial charge in [0.05, 0.1) is 0 Å². The van der Waals surface area contributed by atoms with Crippen LogP contribution in [0.4, 0.5) is 0 Å². The van der Waals surface area contributed by atoms with Gasteiger partial charge in [0, 0.05) is 52.0 Å². The second kappa shape index (κ2) is 10.7. The van der Waals surface area contributed by atoms with Crippen molar-refractivity contribution in [3.05, 3.63) is 0 Å². The van der Waals surface area contributed by atoms with Gasteiger partial charge in [0.15, 0.2) is 5.96 Å². The Morgan fingerprint density at radius 3 is 2.61 bits per heavy atom. The quantitative estimate of drug-likeness (QED) is 0.264. The molecule has 0 spiro atoms. The lowest BCUT2D eigenvalue weighted by Crippen LogP contribution is -2.47. The molecule has 1 saturated carbocycles. The molecule has 1 aliphatic heterocycles. The van der Waals surface area contributed by atoms with E-state index in [0.29, 0.717) is 18.0 Å². The number of rotatable bonds is 8. The molecule has 1 aliphatic carbocycles. The Hall–Kier alpha value is -0.0800. The highest BCUT2D eigenvalue weighted by Crippen LogP contribution is 2.28. The molecule has 23 heavy (non-hydrogen) atoms. The third-order valence-electron chi connectivity index (χ3n) is 4.72. The van der Waals surface area contributed by atoms with Crippen LogP contribution in [0.2, 0.25) is 0 Å². The summed E-state index contributed by atoms with van der Waals surface area (Å²) >= 11 is 0. The van der Waals surface area contributed by atoms with Crippen LogP contribution in [0.15, 0.2) is 4.99 Å². The smallest absolute Gasteiger partial charge is 0.191 e. The van der Waals surface area contributed by atoms with Crippen molar-refractivity contribution in [3.8, 4) is 0 Å². The van der Waals surface area contributed by atoms with Gasteiger partial charge < -0.3 is 15.4 Å². The van der Waals surface area contributed by atoms with Gasteiger partial charge in [0.1, 0.15) is 0 Å². The van der Waals surface area contributed by atoms with Gasteiger partial charge in [-0.1, -0.05) is 6.92 Å². The Balaban J connectivity index is 0.00000264. The summed E-state index contributed by atoms with van der Waals surface area (Å²) in [4.78, 5) is 6.88. The van der Waals surface area contributed by atoms with E-state index in [0.717, 1.165) is 44.6 Å². The topological polar surface area (TPSA) is 48.9 Å². The minimum absolute atomic E-state index is 0. The monoisotopic (exact) mass is 438 g/mol. The fourth-order valence-electron chi connectivity index (χ4n) is 2.90. The van der Waals surface area contributed by atoms with Crippen molar-refractivity contribution in [2.24, 2.45) is 16.8 Å². The van der Waals surface area contributed by atoms with E-state index < -0.39 is 0 Å². The SMILES string of the molecule is CN=C(NCCCOCC1CC1)NC1CN(C(C)C)CC1C.I. The van der Waals surface area contributed by atoms with Crippen LogP contribution in [-0.4, -0.2) is 62.8 Å². The van der Waals surface area contributed by atoms with Gasteiger partial charge in [0.25, 0.3) is 0 Å². The minimum atomic E-state index is 0. The number of guanidine groups is 1. The molecule has 2 N–H and O–H groups in total. The summed E-state index contributed by atoms with van der Waals surface area (Å²) in [6.45, 7) is 11.8. The van der Waals surface area contributed by atoms with Crippen LogP contribution in [0, 0.1) is 11.8 Å². The van der Waals surface area contributed by atoms with E-state index >= 15 is 0 Å². The summed E-state index contributed by atoms with van der Waals surface area (Å²) in [6, 6.07) is 1.10. The van der Waals surface area contributed by atoms with E-state index in [4.69, 9.17) is 4.74 Å². The number of hydrogen-bond acceptors (Lipinski definition) is 3. The summed E-state index contributed by atoms with van der Waals surface area (Å²) in [6.07, 6.45) is 3.76. The van der Waals surface area contributed by atoms with E-state index in [1.807, 2.05) is 7.05 Å². The molecular formula is C17H35IN4O. The average Bonchev–Trinajstić information content (AvgIpc) is 3.24. The molecule has 0 amide bonds. The lowest BCUT2D eigenvalue weighted by molar-refractivity contribution is 0.123. The Bertz CT molecular complexity index is 361. The van der Waals surface area contributed by atoms with Crippen LogP contribution in [0.5, 0.6) is 0 Å². The molecule has 136 valence electrons. The number of halogens is 1. The molecule has 5 nitrogen and oxygen atoms in total. The molecule has 0 aromatic heterocycles. The van der Waals surface area contributed by atoms with Crippen molar-refractivity contribution in [2.75, 3.05) is 39.9 Å². The lowest BCUT2D eigenvalue weighted by atomic mass is 10.1. The van der Waals surface area contributed by atoms with Crippen LogP contribution < -0.4 is 10.6 Å². The first-order chi connectivity index (χ1) is 10.6. The second-order valence-electron chi connectivity index (χ2n) is 7.15. The lowest BCUT2D eigenvalue weighted by Gasteiger charge is -2.22. The second-order valence-corrected chi connectivity index (χ2v) is 7.15. The van der Waals surface area contributed by atoms with E-state index in [1.165, 1.54) is 19.4 Å². The maximum absolute atomic E-state index is 5.66. The summed E-state index contributed by atoms with van der Waals surface area (Å²) in [5.74, 6) is 2.43. The molecule has 1 saturated heterocycles. The van der Waals surface area contributed by atoms with Gasteiger partial charge >= 0.3 is 0 Å². The zero-order chi connectivity index (χ0) is 15.9. The highest BCUT2D eigenvalue weighted by molar-refractivity contribution is 14.0. The summed E-state index contributed by atoms with van der Waals surface area (Å²) in [7, 11) is 1.85. The molecule has 0 aromatic carbocycles. The van der Waals surface area contributed by atoms with Gasteiger partial charge in [-0.05, 0) is 44.9 Å². The zero-order valence-electron chi connectivity index (χ0n) is 15.2. The third-order valence-corrected chi connectivity index (χ3v) is 4.72. The minimum Gasteiger partial charge on any atom is -0.381 e. The van der Waals surface area contributed by atoms with Crippen molar-refractivity contribution >= 4 is 29.9 Å². The molecule has 0 aromatic rings. The standard InChI is InChI=1S/C17H34N4O.HI/c1-13(2)21-10-14(3)16(11-21)20-17(18-4)19-8-5-9-22-12-15-6-7-15;/h13-16H,5-12H2,1-4H3,(H2,18,19,20);1H. The van der Waals surface area contributed by atoms with Gasteiger partial charge in [-0.3, -0.25) is 9.89 Å². The first kappa shape index (κ1) is 21.0. The van der Waals surface area contributed by atoms with Crippen LogP contribution in [0.25, 0.3) is 0 Å². The largest absolute Gasteiger partial charge is 0.381 e. The van der Waals surface area contributed by atoms with Crippen molar-refractivity contribution in [1.29, 1.82) is 0 Å². The van der Waals surface area contributed by atoms with E-state index in [1.54, 1.807) is 0 Å². The normalized spacial score (nSPS) is 25.5.